The van der Waals surface area contributed by atoms with Gasteiger partial charge in [-0.1, -0.05) is 42.5 Å². The highest BCUT2D eigenvalue weighted by molar-refractivity contribution is 5.90. The van der Waals surface area contributed by atoms with Crippen molar-refractivity contribution in [2.75, 3.05) is 5.32 Å². The minimum absolute atomic E-state index is 0.0320. The number of para-hydroxylation sites is 1. The third kappa shape index (κ3) is 4.14. The summed E-state index contributed by atoms with van der Waals surface area (Å²) in [6.45, 7) is 2.86. The van der Waals surface area contributed by atoms with E-state index in [0.29, 0.717) is 5.82 Å². The van der Waals surface area contributed by atoms with Crippen molar-refractivity contribution in [1.82, 2.24) is 24.7 Å². The van der Waals surface area contributed by atoms with Gasteiger partial charge in [0.1, 0.15) is 5.82 Å². The first-order chi connectivity index (χ1) is 15.3. The van der Waals surface area contributed by atoms with Crippen molar-refractivity contribution >= 4 is 16.7 Å². The quantitative estimate of drug-likeness (QED) is 0.424. The molecule has 0 aliphatic rings. The molecular weight excluding hydrogens is 384 g/mol. The first-order valence-electron chi connectivity index (χ1n) is 10.3. The Morgan fingerprint density at radius 1 is 0.903 bits per heavy atom. The normalized spacial score (nSPS) is 12.0. The molecule has 1 unspecified atom stereocenters. The fourth-order valence-electron chi connectivity index (χ4n) is 3.56. The van der Waals surface area contributed by atoms with Gasteiger partial charge in [-0.15, -0.1) is 0 Å². The van der Waals surface area contributed by atoms with Gasteiger partial charge in [-0.2, -0.15) is 5.10 Å². The van der Waals surface area contributed by atoms with E-state index in [9.17, 15) is 0 Å². The number of hydrogen-bond donors (Lipinski definition) is 1. The Balaban J connectivity index is 1.43. The summed E-state index contributed by atoms with van der Waals surface area (Å²) in [6, 6.07) is 22.3. The molecule has 0 bridgehead atoms. The first-order valence-corrected chi connectivity index (χ1v) is 10.3. The Labute approximate surface area is 180 Å². The standard InChI is InChI=1S/C25H22N6/c1-18(21-15-27-31(17-21)16-19-8-3-2-4-9-19)28-25-22-11-5-6-12-23(22)29-24(30-25)20-10-7-13-26-14-20/h2-15,17-18H,16H2,1H3,(H,28,29,30). The SMILES string of the molecule is CC(Nc1nc(-c2cccnc2)nc2ccccc12)c1cnn(Cc2ccccc2)c1. The van der Waals surface area contributed by atoms with Crippen molar-refractivity contribution in [2.45, 2.75) is 19.5 Å². The molecule has 0 saturated carbocycles. The molecule has 3 aromatic heterocycles. The third-order valence-electron chi connectivity index (χ3n) is 5.22. The second-order valence-corrected chi connectivity index (χ2v) is 7.48. The Morgan fingerprint density at radius 2 is 1.74 bits per heavy atom. The van der Waals surface area contributed by atoms with Gasteiger partial charge in [-0.3, -0.25) is 9.67 Å². The van der Waals surface area contributed by atoms with E-state index >= 15 is 0 Å². The van der Waals surface area contributed by atoms with Crippen LogP contribution in [0.25, 0.3) is 22.3 Å². The van der Waals surface area contributed by atoms with Gasteiger partial charge >= 0.3 is 0 Å². The average molecular weight is 406 g/mol. The largest absolute Gasteiger partial charge is 0.363 e. The van der Waals surface area contributed by atoms with Crippen molar-refractivity contribution in [3.63, 3.8) is 0 Å². The Kier molecular flexibility index (Phi) is 5.10. The lowest BCUT2D eigenvalue weighted by Crippen LogP contribution is -2.09. The summed E-state index contributed by atoms with van der Waals surface area (Å²) in [4.78, 5) is 13.8. The molecular formula is C25H22N6. The van der Waals surface area contributed by atoms with Crippen molar-refractivity contribution < 1.29 is 0 Å². The first kappa shape index (κ1) is 18.9. The van der Waals surface area contributed by atoms with Crippen LogP contribution in [0.2, 0.25) is 0 Å². The minimum Gasteiger partial charge on any atom is -0.363 e. The van der Waals surface area contributed by atoms with Crippen molar-refractivity contribution in [3.05, 3.63) is 103 Å². The maximum atomic E-state index is 4.82. The number of anilines is 1. The number of nitrogens with one attached hydrogen (secondary N) is 1. The molecule has 1 N–H and O–H groups in total. The fourth-order valence-corrected chi connectivity index (χ4v) is 3.56. The molecule has 0 aliphatic carbocycles. The predicted molar refractivity (Wildman–Crippen MR) is 123 cm³/mol. The van der Waals surface area contributed by atoms with Crippen LogP contribution in [-0.4, -0.2) is 24.7 Å². The molecule has 0 aliphatic heterocycles. The average Bonchev–Trinajstić information content (AvgIpc) is 3.29. The van der Waals surface area contributed by atoms with Gasteiger partial charge in [0.2, 0.25) is 0 Å². The molecule has 0 spiro atoms. The van der Waals surface area contributed by atoms with Crippen LogP contribution in [0.1, 0.15) is 24.1 Å². The van der Waals surface area contributed by atoms with E-state index in [1.54, 1.807) is 12.4 Å². The van der Waals surface area contributed by atoms with Crippen LogP contribution < -0.4 is 5.32 Å². The molecule has 0 fully saturated rings. The van der Waals surface area contributed by atoms with E-state index in [2.05, 4.69) is 40.7 Å². The van der Waals surface area contributed by atoms with Crippen molar-refractivity contribution in [2.24, 2.45) is 0 Å². The second-order valence-electron chi connectivity index (χ2n) is 7.48. The third-order valence-corrected chi connectivity index (χ3v) is 5.22. The number of aromatic nitrogens is 5. The molecule has 31 heavy (non-hydrogen) atoms. The van der Waals surface area contributed by atoms with Crippen LogP contribution >= 0.6 is 0 Å². The highest BCUT2D eigenvalue weighted by atomic mass is 15.3. The molecule has 0 amide bonds. The zero-order chi connectivity index (χ0) is 21.0. The predicted octanol–water partition coefficient (Wildman–Crippen LogP) is 5.11. The Hall–Kier alpha value is -4.06. The number of rotatable bonds is 6. The molecule has 1 atom stereocenters. The van der Waals surface area contributed by atoms with Gasteiger partial charge < -0.3 is 5.32 Å². The van der Waals surface area contributed by atoms with Crippen molar-refractivity contribution in [1.29, 1.82) is 0 Å². The van der Waals surface area contributed by atoms with Gasteiger partial charge in [0.15, 0.2) is 5.82 Å². The van der Waals surface area contributed by atoms with Crippen molar-refractivity contribution in [3.8, 4) is 11.4 Å². The maximum Gasteiger partial charge on any atom is 0.163 e. The summed E-state index contributed by atoms with van der Waals surface area (Å²) in [6.07, 6.45) is 7.52. The number of nitrogens with zero attached hydrogens (tertiary/aromatic N) is 5. The van der Waals surface area contributed by atoms with Crippen LogP contribution in [0, 0.1) is 0 Å². The Morgan fingerprint density at radius 3 is 2.58 bits per heavy atom. The lowest BCUT2D eigenvalue weighted by Gasteiger charge is -2.16. The van der Waals surface area contributed by atoms with Crippen LogP contribution in [0.3, 0.4) is 0 Å². The van der Waals surface area contributed by atoms with E-state index in [1.807, 2.05) is 65.5 Å². The van der Waals surface area contributed by atoms with Gasteiger partial charge in [0, 0.05) is 35.1 Å². The zero-order valence-corrected chi connectivity index (χ0v) is 17.2. The van der Waals surface area contributed by atoms with Crippen LogP contribution in [-0.2, 0) is 6.54 Å². The second kappa shape index (κ2) is 8.36. The van der Waals surface area contributed by atoms with E-state index in [-0.39, 0.29) is 6.04 Å². The molecule has 6 nitrogen and oxygen atoms in total. The maximum absolute atomic E-state index is 4.82. The van der Waals surface area contributed by atoms with E-state index < -0.39 is 0 Å². The Bertz CT molecular complexity index is 1300. The summed E-state index contributed by atoms with van der Waals surface area (Å²) in [5, 5.41) is 9.09. The molecule has 6 heteroatoms. The minimum atomic E-state index is 0.0320. The summed E-state index contributed by atoms with van der Waals surface area (Å²) >= 11 is 0. The monoisotopic (exact) mass is 406 g/mol. The molecule has 3 heterocycles. The summed E-state index contributed by atoms with van der Waals surface area (Å²) in [5.41, 5.74) is 4.10. The van der Waals surface area contributed by atoms with Gasteiger partial charge in [0.25, 0.3) is 0 Å². The lowest BCUT2D eigenvalue weighted by atomic mass is 10.1. The molecule has 5 rings (SSSR count). The summed E-state index contributed by atoms with van der Waals surface area (Å²) in [7, 11) is 0. The van der Waals surface area contributed by atoms with Crippen LogP contribution in [0.5, 0.6) is 0 Å². The van der Waals surface area contributed by atoms with E-state index in [1.165, 1.54) is 5.56 Å². The van der Waals surface area contributed by atoms with E-state index in [0.717, 1.165) is 34.4 Å². The number of fused-ring (bicyclic) bond motifs is 1. The molecule has 0 saturated heterocycles. The zero-order valence-electron chi connectivity index (χ0n) is 17.2. The topological polar surface area (TPSA) is 68.5 Å². The molecule has 152 valence electrons. The fraction of sp³-hybridized carbons (Fsp3) is 0.120. The summed E-state index contributed by atoms with van der Waals surface area (Å²) in [5.74, 6) is 1.45. The molecule has 0 radical (unpaired) electrons. The van der Waals surface area contributed by atoms with Crippen LogP contribution in [0.4, 0.5) is 5.82 Å². The molecule has 5 aromatic rings. The van der Waals surface area contributed by atoms with E-state index in [4.69, 9.17) is 9.97 Å². The highest BCUT2D eigenvalue weighted by Gasteiger charge is 2.14. The number of benzene rings is 2. The van der Waals surface area contributed by atoms with Gasteiger partial charge in [-0.25, -0.2) is 9.97 Å². The number of hydrogen-bond acceptors (Lipinski definition) is 5. The van der Waals surface area contributed by atoms with Gasteiger partial charge in [-0.05, 0) is 36.8 Å². The van der Waals surface area contributed by atoms with Crippen LogP contribution in [0.15, 0.2) is 91.5 Å². The molecule has 2 aromatic carbocycles. The highest BCUT2D eigenvalue weighted by Crippen LogP contribution is 2.27. The lowest BCUT2D eigenvalue weighted by molar-refractivity contribution is 0.685. The van der Waals surface area contributed by atoms with Gasteiger partial charge in [0.05, 0.1) is 24.3 Å². The summed E-state index contributed by atoms with van der Waals surface area (Å²) < 4.78 is 1.96. The number of pyridine rings is 1. The smallest absolute Gasteiger partial charge is 0.163 e.